The molecule has 1 saturated heterocycles. The summed E-state index contributed by atoms with van der Waals surface area (Å²) in [7, 11) is 1.90. The van der Waals surface area contributed by atoms with Gasteiger partial charge in [-0.2, -0.15) is 5.10 Å². The molecule has 3 heterocycles. The van der Waals surface area contributed by atoms with Crippen LogP contribution in [0.25, 0.3) is 11.3 Å². The standard InChI is InChI=1S/C18H18N4OS/c1-21-15(7-8-20-21)13-5-4-6-14(11-13)17(23)16-12-19-18(24-16)22-9-2-3-10-22/h4-8,11-12H,2-3,9-10H2,1H3. The van der Waals surface area contributed by atoms with Crippen molar-refractivity contribution in [1.82, 2.24) is 14.8 Å². The number of carbonyl (C=O) groups excluding carboxylic acids is 1. The number of thiazole rings is 1. The van der Waals surface area contributed by atoms with Gasteiger partial charge in [0.25, 0.3) is 0 Å². The average Bonchev–Trinajstić information content (AvgIpc) is 3.35. The summed E-state index contributed by atoms with van der Waals surface area (Å²) in [5.74, 6) is 0.0296. The number of anilines is 1. The highest BCUT2D eigenvalue weighted by molar-refractivity contribution is 7.17. The summed E-state index contributed by atoms with van der Waals surface area (Å²) < 4.78 is 1.81. The molecule has 24 heavy (non-hydrogen) atoms. The molecule has 0 amide bonds. The van der Waals surface area contributed by atoms with Crippen LogP contribution in [0.3, 0.4) is 0 Å². The van der Waals surface area contributed by atoms with Gasteiger partial charge in [-0.3, -0.25) is 9.48 Å². The molecule has 1 fully saturated rings. The van der Waals surface area contributed by atoms with Crippen LogP contribution in [-0.4, -0.2) is 33.6 Å². The molecular formula is C18H18N4OS. The third kappa shape index (κ3) is 2.73. The Kier molecular flexibility index (Phi) is 3.90. The van der Waals surface area contributed by atoms with Crippen molar-refractivity contribution >= 4 is 22.3 Å². The summed E-state index contributed by atoms with van der Waals surface area (Å²) in [6.07, 6.45) is 5.87. The van der Waals surface area contributed by atoms with Gasteiger partial charge in [-0.15, -0.1) is 0 Å². The molecule has 5 nitrogen and oxygen atoms in total. The summed E-state index contributed by atoms with van der Waals surface area (Å²) in [6.45, 7) is 2.08. The lowest BCUT2D eigenvalue weighted by Gasteiger charge is -2.11. The molecule has 1 aromatic carbocycles. The average molecular weight is 338 g/mol. The molecule has 0 aliphatic carbocycles. The zero-order valence-corrected chi connectivity index (χ0v) is 14.3. The first-order valence-electron chi connectivity index (χ1n) is 8.06. The lowest BCUT2D eigenvalue weighted by molar-refractivity contribution is 0.104. The molecule has 0 saturated carbocycles. The second-order valence-electron chi connectivity index (χ2n) is 5.95. The Morgan fingerprint density at radius 2 is 2.04 bits per heavy atom. The second-order valence-corrected chi connectivity index (χ2v) is 6.96. The maximum Gasteiger partial charge on any atom is 0.204 e. The number of hydrogen-bond donors (Lipinski definition) is 0. The number of hydrogen-bond acceptors (Lipinski definition) is 5. The lowest BCUT2D eigenvalue weighted by atomic mass is 10.0. The molecule has 0 atom stereocenters. The van der Waals surface area contributed by atoms with Crippen LogP contribution in [-0.2, 0) is 7.05 Å². The van der Waals surface area contributed by atoms with Gasteiger partial charge in [0.05, 0.1) is 16.8 Å². The lowest BCUT2D eigenvalue weighted by Crippen LogP contribution is -2.16. The third-order valence-corrected chi connectivity index (χ3v) is 5.39. The first-order valence-corrected chi connectivity index (χ1v) is 8.88. The van der Waals surface area contributed by atoms with Gasteiger partial charge in [-0.05, 0) is 25.0 Å². The fraction of sp³-hybridized carbons (Fsp3) is 0.278. The van der Waals surface area contributed by atoms with E-state index in [0.29, 0.717) is 10.4 Å². The van der Waals surface area contributed by atoms with E-state index in [9.17, 15) is 4.79 Å². The minimum absolute atomic E-state index is 0.0296. The molecule has 2 aromatic heterocycles. The predicted molar refractivity (Wildman–Crippen MR) is 95.6 cm³/mol. The second kappa shape index (κ2) is 6.20. The highest BCUT2D eigenvalue weighted by Gasteiger charge is 2.19. The van der Waals surface area contributed by atoms with E-state index < -0.39 is 0 Å². The highest BCUT2D eigenvalue weighted by atomic mass is 32.1. The van der Waals surface area contributed by atoms with Crippen LogP contribution in [0.4, 0.5) is 5.13 Å². The number of nitrogens with zero attached hydrogens (tertiary/aromatic N) is 4. The Labute approximate surface area is 144 Å². The van der Waals surface area contributed by atoms with Gasteiger partial charge in [0, 0.05) is 37.5 Å². The van der Waals surface area contributed by atoms with E-state index in [0.717, 1.165) is 29.5 Å². The fourth-order valence-corrected chi connectivity index (χ4v) is 3.97. The van der Waals surface area contributed by atoms with Crippen molar-refractivity contribution in [3.05, 3.63) is 53.2 Å². The van der Waals surface area contributed by atoms with Crippen molar-refractivity contribution in [3.8, 4) is 11.3 Å². The summed E-state index contributed by atoms with van der Waals surface area (Å²) in [5.41, 5.74) is 2.67. The minimum Gasteiger partial charge on any atom is -0.348 e. The number of aryl methyl sites for hydroxylation is 1. The molecule has 0 unspecified atom stereocenters. The molecule has 4 rings (SSSR count). The minimum atomic E-state index is 0.0296. The van der Waals surface area contributed by atoms with Crippen molar-refractivity contribution in [2.75, 3.05) is 18.0 Å². The van der Waals surface area contributed by atoms with Gasteiger partial charge >= 0.3 is 0 Å². The first-order chi connectivity index (χ1) is 11.7. The molecule has 1 aliphatic rings. The summed E-state index contributed by atoms with van der Waals surface area (Å²) in [6, 6.07) is 9.64. The molecule has 0 radical (unpaired) electrons. The molecule has 0 bridgehead atoms. The molecule has 0 spiro atoms. The maximum atomic E-state index is 12.8. The zero-order chi connectivity index (χ0) is 16.5. The molecule has 3 aromatic rings. The quantitative estimate of drug-likeness (QED) is 0.684. The highest BCUT2D eigenvalue weighted by Crippen LogP contribution is 2.28. The van der Waals surface area contributed by atoms with Gasteiger partial charge < -0.3 is 4.90 Å². The van der Waals surface area contributed by atoms with Crippen molar-refractivity contribution in [2.45, 2.75) is 12.8 Å². The SMILES string of the molecule is Cn1nccc1-c1cccc(C(=O)c2cnc(N3CCCC3)s2)c1. The largest absolute Gasteiger partial charge is 0.348 e. The van der Waals surface area contributed by atoms with E-state index in [4.69, 9.17) is 0 Å². The van der Waals surface area contributed by atoms with Crippen LogP contribution in [0, 0.1) is 0 Å². The fourth-order valence-electron chi connectivity index (χ4n) is 3.04. The van der Waals surface area contributed by atoms with E-state index in [2.05, 4.69) is 15.0 Å². The molecule has 6 heteroatoms. The zero-order valence-electron chi connectivity index (χ0n) is 13.5. The van der Waals surface area contributed by atoms with Crippen LogP contribution in [0.15, 0.2) is 42.7 Å². The monoisotopic (exact) mass is 338 g/mol. The van der Waals surface area contributed by atoms with Gasteiger partial charge in [0.2, 0.25) is 5.78 Å². The molecule has 122 valence electrons. The number of carbonyl (C=O) groups is 1. The van der Waals surface area contributed by atoms with Gasteiger partial charge in [-0.25, -0.2) is 4.98 Å². The Hall–Kier alpha value is -2.47. The van der Waals surface area contributed by atoms with Crippen LogP contribution in [0.5, 0.6) is 0 Å². The van der Waals surface area contributed by atoms with Gasteiger partial charge in [0.1, 0.15) is 0 Å². The van der Waals surface area contributed by atoms with E-state index >= 15 is 0 Å². The van der Waals surface area contributed by atoms with Gasteiger partial charge in [-0.1, -0.05) is 29.5 Å². The Morgan fingerprint density at radius 3 is 2.79 bits per heavy atom. The summed E-state index contributed by atoms with van der Waals surface area (Å²) in [5, 5.41) is 5.15. The number of benzene rings is 1. The van der Waals surface area contributed by atoms with Crippen LogP contribution in [0.2, 0.25) is 0 Å². The Morgan fingerprint density at radius 1 is 1.21 bits per heavy atom. The van der Waals surface area contributed by atoms with Crippen molar-refractivity contribution in [2.24, 2.45) is 7.05 Å². The number of rotatable bonds is 4. The predicted octanol–water partition coefficient (Wildman–Crippen LogP) is 3.37. The van der Waals surface area contributed by atoms with E-state index in [1.165, 1.54) is 24.2 Å². The van der Waals surface area contributed by atoms with Crippen LogP contribution in [0.1, 0.15) is 28.1 Å². The van der Waals surface area contributed by atoms with Gasteiger partial charge in [0.15, 0.2) is 5.13 Å². The molecule has 0 N–H and O–H groups in total. The van der Waals surface area contributed by atoms with Crippen molar-refractivity contribution < 1.29 is 4.79 Å². The van der Waals surface area contributed by atoms with Crippen LogP contribution >= 0.6 is 11.3 Å². The summed E-state index contributed by atoms with van der Waals surface area (Å²) >= 11 is 1.49. The van der Waals surface area contributed by atoms with E-state index in [1.54, 1.807) is 12.4 Å². The Balaban J connectivity index is 1.62. The topological polar surface area (TPSA) is 51.0 Å². The van der Waals surface area contributed by atoms with E-state index in [1.807, 2.05) is 42.1 Å². The van der Waals surface area contributed by atoms with Crippen molar-refractivity contribution in [1.29, 1.82) is 0 Å². The Bertz CT molecular complexity index is 877. The normalized spacial score (nSPS) is 14.3. The summed E-state index contributed by atoms with van der Waals surface area (Å²) in [4.78, 5) is 20.2. The van der Waals surface area contributed by atoms with Crippen molar-refractivity contribution in [3.63, 3.8) is 0 Å². The first kappa shape index (κ1) is 15.1. The van der Waals surface area contributed by atoms with Crippen LogP contribution < -0.4 is 4.90 Å². The third-order valence-electron chi connectivity index (χ3n) is 4.34. The smallest absolute Gasteiger partial charge is 0.204 e. The number of aromatic nitrogens is 3. The molecule has 1 aliphatic heterocycles. The van der Waals surface area contributed by atoms with E-state index in [-0.39, 0.29) is 5.78 Å². The maximum absolute atomic E-state index is 12.8. The molecular weight excluding hydrogens is 320 g/mol. The number of ketones is 1.